The number of hydrogen-bond donors (Lipinski definition) is 1. The molecule has 1 aromatic heterocycles. The van der Waals surface area contributed by atoms with Crippen LogP contribution in [-0.2, 0) is 16.1 Å². The van der Waals surface area contributed by atoms with E-state index in [-0.39, 0.29) is 17.7 Å². The summed E-state index contributed by atoms with van der Waals surface area (Å²) in [4.78, 5) is 29.5. The van der Waals surface area contributed by atoms with Crippen molar-refractivity contribution in [3.8, 4) is 0 Å². The van der Waals surface area contributed by atoms with Gasteiger partial charge in [-0.2, -0.15) is 0 Å². The van der Waals surface area contributed by atoms with Gasteiger partial charge in [-0.05, 0) is 43.0 Å². The van der Waals surface area contributed by atoms with E-state index in [1.807, 2.05) is 30.3 Å². The summed E-state index contributed by atoms with van der Waals surface area (Å²) in [5.74, 6) is -1.28. The topological polar surface area (TPSA) is 70.5 Å². The van der Waals surface area contributed by atoms with Crippen molar-refractivity contribution in [2.45, 2.75) is 25.8 Å². The molecule has 1 fully saturated rings. The van der Waals surface area contributed by atoms with Gasteiger partial charge in [0.05, 0.1) is 11.4 Å². The second kappa shape index (κ2) is 6.36. The van der Waals surface area contributed by atoms with Crippen LogP contribution in [0, 0.1) is 11.8 Å². The highest BCUT2D eigenvalue weighted by atomic mass is 16.4. The standard InChI is InChI=1S/C18H20N2O3/c1-20(17(21)14-5-6-15(10-14)18(22)23)11-12-4-7-16-13(9-12)3-2-8-19-16/h2-4,7-9,14-15H,5-6,10-11H2,1H3,(H,22,23)/t14-,15+/m0/s1. The van der Waals surface area contributed by atoms with Gasteiger partial charge in [-0.15, -0.1) is 0 Å². The van der Waals surface area contributed by atoms with Crippen LogP contribution in [-0.4, -0.2) is 33.9 Å². The molecule has 1 aliphatic rings. The molecule has 0 radical (unpaired) electrons. The molecule has 1 aromatic carbocycles. The van der Waals surface area contributed by atoms with Crippen molar-refractivity contribution >= 4 is 22.8 Å². The van der Waals surface area contributed by atoms with E-state index in [0.717, 1.165) is 16.5 Å². The minimum atomic E-state index is -0.787. The number of fused-ring (bicyclic) bond motifs is 1. The van der Waals surface area contributed by atoms with E-state index in [9.17, 15) is 9.59 Å². The van der Waals surface area contributed by atoms with Gasteiger partial charge in [0.2, 0.25) is 5.91 Å². The Morgan fingerprint density at radius 3 is 2.78 bits per heavy atom. The van der Waals surface area contributed by atoms with Gasteiger partial charge >= 0.3 is 5.97 Å². The Kier molecular flexibility index (Phi) is 4.28. The molecule has 0 unspecified atom stereocenters. The van der Waals surface area contributed by atoms with Gasteiger partial charge in [-0.1, -0.05) is 12.1 Å². The van der Waals surface area contributed by atoms with Crippen LogP contribution in [0.15, 0.2) is 36.5 Å². The zero-order valence-corrected chi connectivity index (χ0v) is 13.1. The molecule has 1 aliphatic carbocycles. The predicted octanol–water partition coefficient (Wildman–Crippen LogP) is 2.69. The van der Waals surface area contributed by atoms with Crippen LogP contribution in [0.1, 0.15) is 24.8 Å². The highest BCUT2D eigenvalue weighted by molar-refractivity contribution is 5.81. The number of carbonyl (C=O) groups is 2. The van der Waals surface area contributed by atoms with Crippen LogP contribution >= 0.6 is 0 Å². The molecule has 1 saturated carbocycles. The fraction of sp³-hybridized carbons (Fsp3) is 0.389. The number of carboxylic acids is 1. The molecule has 0 spiro atoms. The Balaban J connectivity index is 1.67. The molecule has 120 valence electrons. The van der Waals surface area contributed by atoms with E-state index in [1.54, 1.807) is 18.1 Å². The number of amides is 1. The van der Waals surface area contributed by atoms with Crippen molar-refractivity contribution in [1.29, 1.82) is 0 Å². The van der Waals surface area contributed by atoms with E-state index in [4.69, 9.17) is 5.11 Å². The highest BCUT2D eigenvalue weighted by Crippen LogP contribution is 2.32. The lowest BCUT2D eigenvalue weighted by atomic mass is 10.0. The average molecular weight is 312 g/mol. The minimum Gasteiger partial charge on any atom is -0.481 e. The first-order chi connectivity index (χ1) is 11.0. The van der Waals surface area contributed by atoms with Gasteiger partial charge in [0.15, 0.2) is 0 Å². The zero-order valence-electron chi connectivity index (χ0n) is 13.1. The van der Waals surface area contributed by atoms with Gasteiger partial charge in [0, 0.05) is 31.1 Å². The summed E-state index contributed by atoms with van der Waals surface area (Å²) >= 11 is 0. The Morgan fingerprint density at radius 2 is 2.04 bits per heavy atom. The number of hydrogen-bond acceptors (Lipinski definition) is 3. The molecule has 5 heteroatoms. The summed E-state index contributed by atoms with van der Waals surface area (Å²) < 4.78 is 0. The second-order valence-electron chi connectivity index (χ2n) is 6.27. The lowest BCUT2D eigenvalue weighted by molar-refractivity contribution is -0.141. The normalized spacial score (nSPS) is 20.6. The van der Waals surface area contributed by atoms with E-state index in [0.29, 0.717) is 25.8 Å². The Morgan fingerprint density at radius 1 is 1.26 bits per heavy atom. The highest BCUT2D eigenvalue weighted by Gasteiger charge is 2.35. The molecule has 0 aliphatic heterocycles. The summed E-state index contributed by atoms with van der Waals surface area (Å²) in [7, 11) is 1.78. The van der Waals surface area contributed by atoms with Crippen molar-refractivity contribution < 1.29 is 14.7 Å². The van der Waals surface area contributed by atoms with E-state index in [1.165, 1.54) is 0 Å². The fourth-order valence-electron chi connectivity index (χ4n) is 3.32. The molecule has 1 amide bonds. The summed E-state index contributed by atoms with van der Waals surface area (Å²) in [6.45, 7) is 0.526. The molecule has 1 heterocycles. The fourth-order valence-corrected chi connectivity index (χ4v) is 3.32. The third-order valence-corrected chi connectivity index (χ3v) is 4.59. The number of nitrogens with zero attached hydrogens (tertiary/aromatic N) is 2. The number of carboxylic acid groups (broad SMARTS) is 1. The van der Waals surface area contributed by atoms with Crippen LogP contribution in [0.25, 0.3) is 10.9 Å². The molecule has 1 N–H and O–H groups in total. The van der Waals surface area contributed by atoms with Crippen molar-refractivity contribution in [3.05, 3.63) is 42.1 Å². The first-order valence-corrected chi connectivity index (χ1v) is 7.86. The summed E-state index contributed by atoms with van der Waals surface area (Å²) in [6.07, 6.45) is 3.49. The van der Waals surface area contributed by atoms with Crippen LogP contribution in [0.5, 0.6) is 0 Å². The first-order valence-electron chi connectivity index (χ1n) is 7.86. The van der Waals surface area contributed by atoms with Crippen molar-refractivity contribution in [2.24, 2.45) is 11.8 Å². The quantitative estimate of drug-likeness (QED) is 0.942. The molecule has 2 atom stereocenters. The van der Waals surface area contributed by atoms with Gasteiger partial charge < -0.3 is 10.0 Å². The first kappa shape index (κ1) is 15.5. The monoisotopic (exact) mass is 312 g/mol. The zero-order chi connectivity index (χ0) is 16.4. The lowest BCUT2D eigenvalue weighted by Crippen LogP contribution is -2.31. The second-order valence-corrected chi connectivity index (χ2v) is 6.27. The number of aromatic nitrogens is 1. The van der Waals surface area contributed by atoms with Crippen molar-refractivity contribution in [3.63, 3.8) is 0 Å². The maximum Gasteiger partial charge on any atom is 0.306 e. The Hall–Kier alpha value is -2.43. The largest absolute Gasteiger partial charge is 0.481 e. The van der Waals surface area contributed by atoms with Gasteiger partial charge in [-0.25, -0.2) is 0 Å². The number of aliphatic carboxylic acids is 1. The van der Waals surface area contributed by atoms with Gasteiger partial charge in [-0.3, -0.25) is 14.6 Å². The molecule has 5 nitrogen and oxygen atoms in total. The number of rotatable bonds is 4. The van der Waals surface area contributed by atoms with E-state index in [2.05, 4.69) is 4.98 Å². The molecule has 0 saturated heterocycles. The summed E-state index contributed by atoms with van der Waals surface area (Å²) in [5, 5.41) is 10.1. The number of benzene rings is 1. The predicted molar refractivity (Wildman–Crippen MR) is 86.7 cm³/mol. The third-order valence-electron chi connectivity index (χ3n) is 4.59. The molecular weight excluding hydrogens is 292 g/mol. The van der Waals surface area contributed by atoms with Crippen molar-refractivity contribution in [1.82, 2.24) is 9.88 Å². The summed E-state index contributed by atoms with van der Waals surface area (Å²) in [6, 6.07) is 9.88. The van der Waals surface area contributed by atoms with Crippen LogP contribution in [0.3, 0.4) is 0 Å². The maximum atomic E-state index is 12.5. The maximum absolute atomic E-state index is 12.5. The molecule has 0 bridgehead atoms. The number of pyridine rings is 1. The van der Waals surface area contributed by atoms with Gasteiger partial charge in [0.1, 0.15) is 0 Å². The molecule has 2 aromatic rings. The number of carbonyl (C=O) groups excluding carboxylic acids is 1. The summed E-state index contributed by atoms with van der Waals surface area (Å²) in [5.41, 5.74) is 1.99. The average Bonchev–Trinajstić information content (AvgIpc) is 3.04. The molecule has 23 heavy (non-hydrogen) atoms. The van der Waals surface area contributed by atoms with Gasteiger partial charge in [0.25, 0.3) is 0 Å². The van der Waals surface area contributed by atoms with Crippen LogP contribution < -0.4 is 0 Å². The SMILES string of the molecule is CN(Cc1ccc2ncccc2c1)C(=O)[C@H]1CC[C@@H](C(=O)O)C1. The van der Waals surface area contributed by atoms with E-state index < -0.39 is 5.97 Å². The molecular formula is C18H20N2O3. The molecule has 3 rings (SSSR count). The van der Waals surface area contributed by atoms with Crippen LogP contribution in [0.2, 0.25) is 0 Å². The lowest BCUT2D eigenvalue weighted by Gasteiger charge is -2.21. The van der Waals surface area contributed by atoms with E-state index >= 15 is 0 Å². The Bertz CT molecular complexity index is 744. The van der Waals surface area contributed by atoms with Crippen molar-refractivity contribution in [2.75, 3.05) is 7.05 Å². The van der Waals surface area contributed by atoms with Crippen LogP contribution in [0.4, 0.5) is 0 Å². The third kappa shape index (κ3) is 3.33. The minimum absolute atomic E-state index is 0.0417. The Labute approximate surface area is 134 Å². The smallest absolute Gasteiger partial charge is 0.306 e.